The molecule has 0 fully saturated rings. The van der Waals surface area contributed by atoms with Gasteiger partial charge < -0.3 is 11.1 Å². The molecule has 0 aliphatic carbocycles. The average Bonchev–Trinajstić information content (AvgIpc) is 2.82. The van der Waals surface area contributed by atoms with Gasteiger partial charge in [0.25, 0.3) is 11.8 Å². The third-order valence-electron chi connectivity index (χ3n) is 2.68. The van der Waals surface area contributed by atoms with Crippen molar-refractivity contribution in [3.63, 3.8) is 0 Å². The van der Waals surface area contributed by atoms with E-state index in [4.69, 9.17) is 5.73 Å². The summed E-state index contributed by atoms with van der Waals surface area (Å²) in [7, 11) is 3.30. The second-order valence-electron chi connectivity index (χ2n) is 4.15. The van der Waals surface area contributed by atoms with Gasteiger partial charge in [0.05, 0.1) is 23.1 Å². The first-order valence-corrected chi connectivity index (χ1v) is 5.53. The third kappa shape index (κ3) is 2.32. The van der Waals surface area contributed by atoms with Crippen molar-refractivity contribution in [1.82, 2.24) is 19.6 Å². The molecule has 0 radical (unpaired) electrons. The van der Waals surface area contributed by atoms with Gasteiger partial charge in [-0.2, -0.15) is 10.2 Å². The highest BCUT2D eigenvalue weighted by molar-refractivity contribution is 6.08. The minimum absolute atomic E-state index is 0.148. The Labute approximate surface area is 109 Å². The lowest BCUT2D eigenvalue weighted by molar-refractivity contribution is 0.0992. The standard InChI is InChI=1S/C11H14N6O2/c1-6-7(5-16(2)15-6)11(19)14-8-4-13-17(3)9(8)10(12)18/h4-5H,1-3H3,(H2,12,18)(H,14,19). The number of aromatic nitrogens is 4. The van der Waals surface area contributed by atoms with Crippen LogP contribution in [0.5, 0.6) is 0 Å². The summed E-state index contributed by atoms with van der Waals surface area (Å²) in [5.41, 5.74) is 6.70. The molecule has 8 nitrogen and oxygen atoms in total. The molecular weight excluding hydrogens is 248 g/mol. The lowest BCUT2D eigenvalue weighted by atomic mass is 10.2. The van der Waals surface area contributed by atoms with Crippen LogP contribution < -0.4 is 11.1 Å². The van der Waals surface area contributed by atoms with E-state index in [2.05, 4.69) is 15.5 Å². The van der Waals surface area contributed by atoms with Crippen LogP contribution in [-0.2, 0) is 14.1 Å². The van der Waals surface area contributed by atoms with Gasteiger partial charge in [-0.1, -0.05) is 0 Å². The van der Waals surface area contributed by atoms with Gasteiger partial charge in [-0.25, -0.2) is 0 Å². The molecule has 0 atom stereocenters. The number of carbonyl (C=O) groups is 2. The maximum absolute atomic E-state index is 12.1. The Hall–Kier alpha value is -2.64. The Morgan fingerprint density at radius 3 is 2.58 bits per heavy atom. The highest BCUT2D eigenvalue weighted by Gasteiger charge is 2.18. The predicted molar refractivity (Wildman–Crippen MR) is 67.6 cm³/mol. The molecule has 100 valence electrons. The van der Waals surface area contributed by atoms with Crippen molar-refractivity contribution in [1.29, 1.82) is 0 Å². The van der Waals surface area contributed by atoms with Gasteiger partial charge in [-0.05, 0) is 6.92 Å². The van der Waals surface area contributed by atoms with Crippen LogP contribution in [-0.4, -0.2) is 31.4 Å². The number of amides is 2. The number of nitrogens with one attached hydrogen (secondary N) is 1. The van der Waals surface area contributed by atoms with E-state index in [1.54, 1.807) is 31.9 Å². The number of hydrogen-bond donors (Lipinski definition) is 2. The number of nitrogens with two attached hydrogens (primary N) is 1. The molecule has 0 bridgehead atoms. The van der Waals surface area contributed by atoms with Crippen molar-refractivity contribution < 1.29 is 9.59 Å². The van der Waals surface area contributed by atoms with Gasteiger partial charge in [-0.15, -0.1) is 0 Å². The number of aryl methyl sites for hydroxylation is 3. The van der Waals surface area contributed by atoms with Gasteiger partial charge in [0, 0.05) is 20.3 Å². The largest absolute Gasteiger partial charge is 0.364 e. The molecule has 2 rings (SSSR count). The molecule has 0 aliphatic rings. The van der Waals surface area contributed by atoms with Crippen LogP contribution in [0, 0.1) is 6.92 Å². The Bertz CT molecular complexity index is 654. The molecule has 3 N–H and O–H groups in total. The van der Waals surface area contributed by atoms with E-state index in [1.165, 1.54) is 10.9 Å². The lowest BCUT2D eigenvalue weighted by Crippen LogP contribution is -2.20. The number of anilines is 1. The van der Waals surface area contributed by atoms with E-state index in [0.717, 1.165) is 0 Å². The smallest absolute Gasteiger partial charge is 0.269 e. The fraction of sp³-hybridized carbons (Fsp3) is 0.273. The van der Waals surface area contributed by atoms with Crippen LogP contribution in [0.15, 0.2) is 12.4 Å². The van der Waals surface area contributed by atoms with Crippen molar-refractivity contribution in [2.75, 3.05) is 5.32 Å². The first-order valence-electron chi connectivity index (χ1n) is 5.53. The summed E-state index contributed by atoms with van der Waals surface area (Å²) in [5, 5.41) is 10.6. The van der Waals surface area contributed by atoms with E-state index < -0.39 is 5.91 Å². The Kier molecular flexibility index (Phi) is 3.07. The molecule has 0 saturated heterocycles. The van der Waals surface area contributed by atoms with E-state index >= 15 is 0 Å². The molecule has 19 heavy (non-hydrogen) atoms. The average molecular weight is 262 g/mol. The molecular formula is C11H14N6O2. The van der Waals surface area contributed by atoms with Gasteiger partial charge >= 0.3 is 0 Å². The molecule has 8 heteroatoms. The SMILES string of the molecule is Cc1nn(C)cc1C(=O)Nc1cnn(C)c1C(N)=O. The van der Waals surface area contributed by atoms with Crippen LogP contribution in [0.3, 0.4) is 0 Å². The summed E-state index contributed by atoms with van der Waals surface area (Å²) in [4.78, 5) is 23.4. The topological polar surface area (TPSA) is 108 Å². The molecule has 0 aromatic carbocycles. The number of primary amides is 1. The summed E-state index contributed by atoms with van der Waals surface area (Å²) in [5.74, 6) is -1.01. The molecule has 2 heterocycles. The minimum Gasteiger partial charge on any atom is -0.364 e. The van der Waals surface area contributed by atoms with Crippen LogP contribution in [0.4, 0.5) is 5.69 Å². The van der Waals surface area contributed by atoms with Gasteiger partial charge in [0.1, 0.15) is 5.69 Å². The fourth-order valence-electron chi connectivity index (χ4n) is 1.83. The van der Waals surface area contributed by atoms with Crippen LogP contribution in [0.1, 0.15) is 26.5 Å². The molecule has 0 aliphatic heterocycles. The molecule has 0 unspecified atom stereocenters. The molecule has 0 spiro atoms. The van der Waals surface area contributed by atoms with E-state index in [9.17, 15) is 9.59 Å². The van der Waals surface area contributed by atoms with Crippen molar-refractivity contribution >= 4 is 17.5 Å². The summed E-state index contributed by atoms with van der Waals surface area (Å²) >= 11 is 0. The normalized spacial score (nSPS) is 10.5. The van der Waals surface area contributed by atoms with Crippen LogP contribution in [0.2, 0.25) is 0 Å². The van der Waals surface area contributed by atoms with Crippen molar-refractivity contribution in [3.05, 3.63) is 29.3 Å². The number of rotatable bonds is 3. The summed E-state index contributed by atoms with van der Waals surface area (Å²) < 4.78 is 2.86. The zero-order valence-corrected chi connectivity index (χ0v) is 10.8. The first kappa shape index (κ1) is 12.8. The van der Waals surface area contributed by atoms with Crippen LogP contribution >= 0.6 is 0 Å². The van der Waals surface area contributed by atoms with E-state index in [0.29, 0.717) is 11.3 Å². The Morgan fingerprint density at radius 2 is 2.05 bits per heavy atom. The Morgan fingerprint density at radius 1 is 1.37 bits per heavy atom. The zero-order chi connectivity index (χ0) is 14.2. The zero-order valence-electron chi connectivity index (χ0n) is 10.8. The molecule has 2 aromatic heterocycles. The lowest BCUT2D eigenvalue weighted by Gasteiger charge is -2.04. The maximum Gasteiger partial charge on any atom is 0.269 e. The van der Waals surface area contributed by atoms with E-state index in [1.807, 2.05) is 0 Å². The van der Waals surface area contributed by atoms with Gasteiger partial charge in [0.2, 0.25) is 0 Å². The second-order valence-corrected chi connectivity index (χ2v) is 4.15. The number of nitrogens with zero attached hydrogens (tertiary/aromatic N) is 4. The highest BCUT2D eigenvalue weighted by atomic mass is 16.2. The van der Waals surface area contributed by atoms with Crippen molar-refractivity contribution in [2.45, 2.75) is 6.92 Å². The third-order valence-corrected chi connectivity index (χ3v) is 2.68. The van der Waals surface area contributed by atoms with E-state index in [-0.39, 0.29) is 17.3 Å². The monoisotopic (exact) mass is 262 g/mol. The van der Waals surface area contributed by atoms with Crippen molar-refractivity contribution in [2.24, 2.45) is 19.8 Å². The maximum atomic E-state index is 12.1. The summed E-state index contributed by atoms with van der Waals surface area (Å²) in [6.07, 6.45) is 2.98. The molecule has 2 amide bonds. The first-order chi connectivity index (χ1) is 8.90. The van der Waals surface area contributed by atoms with Gasteiger partial charge in [-0.3, -0.25) is 19.0 Å². The van der Waals surface area contributed by atoms with Crippen LogP contribution in [0.25, 0.3) is 0 Å². The Balaban J connectivity index is 2.29. The number of carbonyl (C=O) groups excluding carboxylic acids is 2. The minimum atomic E-state index is -0.654. The second kappa shape index (κ2) is 4.56. The summed E-state index contributed by atoms with van der Waals surface area (Å²) in [6, 6.07) is 0. The highest BCUT2D eigenvalue weighted by Crippen LogP contribution is 2.15. The summed E-state index contributed by atoms with van der Waals surface area (Å²) in [6.45, 7) is 1.73. The fourth-order valence-corrected chi connectivity index (χ4v) is 1.83. The van der Waals surface area contributed by atoms with Crippen molar-refractivity contribution in [3.8, 4) is 0 Å². The number of hydrogen-bond acceptors (Lipinski definition) is 4. The molecule has 2 aromatic rings. The van der Waals surface area contributed by atoms with Gasteiger partial charge in [0.15, 0.2) is 0 Å². The predicted octanol–water partition coefficient (Wildman–Crippen LogP) is -0.187. The molecule has 0 saturated carbocycles. The quantitative estimate of drug-likeness (QED) is 0.799.